The van der Waals surface area contributed by atoms with E-state index < -0.39 is 20.9 Å². The Hall–Kier alpha value is -2.94. The van der Waals surface area contributed by atoms with E-state index >= 15 is 0 Å². The van der Waals surface area contributed by atoms with Gasteiger partial charge in [-0.25, -0.2) is 8.42 Å². The summed E-state index contributed by atoms with van der Waals surface area (Å²) in [6.45, 7) is 4.84. The minimum absolute atomic E-state index is 0.0445. The van der Waals surface area contributed by atoms with Crippen molar-refractivity contribution in [1.82, 2.24) is 0 Å². The van der Waals surface area contributed by atoms with E-state index in [1.165, 1.54) is 25.1 Å². The molecule has 0 saturated carbocycles. The summed E-state index contributed by atoms with van der Waals surface area (Å²) in [5, 5.41) is 13.6. The number of hydrogen-bond donors (Lipinski definition) is 2. The number of nitro groups is 1. The normalized spacial score (nSPS) is 11.0. The van der Waals surface area contributed by atoms with Gasteiger partial charge in [0.05, 0.1) is 16.4 Å². The van der Waals surface area contributed by atoms with E-state index in [1.807, 2.05) is 0 Å². The molecule has 0 fully saturated rings. The Balaban J connectivity index is 2.21. The van der Waals surface area contributed by atoms with Crippen LogP contribution in [0.3, 0.4) is 0 Å². The fourth-order valence-electron chi connectivity index (χ4n) is 2.25. The van der Waals surface area contributed by atoms with E-state index in [-0.39, 0.29) is 17.0 Å². The number of anilines is 2. The van der Waals surface area contributed by atoms with Crippen LogP contribution in [0.1, 0.15) is 28.4 Å². The van der Waals surface area contributed by atoms with Gasteiger partial charge in [-0.15, -0.1) is 0 Å². The molecule has 138 valence electrons. The quantitative estimate of drug-likeness (QED) is 0.592. The van der Waals surface area contributed by atoms with Gasteiger partial charge in [0.1, 0.15) is 0 Å². The van der Waals surface area contributed by atoms with Gasteiger partial charge in [-0.05, 0) is 50.6 Å². The molecule has 0 aliphatic rings. The minimum Gasteiger partial charge on any atom is -0.322 e. The molecule has 1 amide bonds. The standard InChI is InChI=1S/C17H19N3O5S/c1-4-26(24,25)19-15-8-7-14(9-12(15)3)18-17(21)13-6-5-11(2)16(10-13)20(22)23/h5-10,19H,4H2,1-3H3,(H,18,21). The summed E-state index contributed by atoms with van der Waals surface area (Å²) in [4.78, 5) is 22.8. The van der Waals surface area contributed by atoms with Gasteiger partial charge in [-0.3, -0.25) is 19.6 Å². The molecule has 8 nitrogen and oxygen atoms in total. The highest BCUT2D eigenvalue weighted by Gasteiger charge is 2.15. The van der Waals surface area contributed by atoms with Crippen molar-refractivity contribution in [2.45, 2.75) is 20.8 Å². The zero-order valence-electron chi connectivity index (χ0n) is 14.6. The summed E-state index contributed by atoms with van der Waals surface area (Å²) in [6.07, 6.45) is 0. The van der Waals surface area contributed by atoms with Gasteiger partial charge < -0.3 is 5.32 Å². The predicted octanol–water partition coefficient (Wildman–Crippen LogP) is 3.23. The molecule has 0 aliphatic carbocycles. The van der Waals surface area contributed by atoms with E-state index in [2.05, 4.69) is 10.0 Å². The lowest BCUT2D eigenvalue weighted by molar-refractivity contribution is -0.385. The van der Waals surface area contributed by atoms with Crippen molar-refractivity contribution in [2.24, 2.45) is 0 Å². The van der Waals surface area contributed by atoms with Gasteiger partial charge >= 0.3 is 0 Å². The van der Waals surface area contributed by atoms with E-state index in [9.17, 15) is 23.3 Å². The summed E-state index contributed by atoms with van der Waals surface area (Å²) in [5.74, 6) is -0.536. The Morgan fingerprint density at radius 2 is 1.81 bits per heavy atom. The van der Waals surface area contributed by atoms with Crippen molar-refractivity contribution in [2.75, 3.05) is 15.8 Å². The van der Waals surface area contributed by atoms with Crippen molar-refractivity contribution < 1.29 is 18.1 Å². The van der Waals surface area contributed by atoms with Crippen LogP contribution in [0, 0.1) is 24.0 Å². The van der Waals surface area contributed by atoms with Crippen molar-refractivity contribution in [3.05, 3.63) is 63.2 Å². The molecule has 0 spiro atoms. The Morgan fingerprint density at radius 1 is 1.12 bits per heavy atom. The fraction of sp³-hybridized carbons (Fsp3) is 0.235. The third-order valence-corrected chi connectivity index (χ3v) is 5.09. The van der Waals surface area contributed by atoms with Gasteiger partial charge in [0, 0.05) is 22.9 Å². The van der Waals surface area contributed by atoms with Crippen LogP contribution in [0.15, 0.2) is 36.4 Å². The van der Waals surface area contributed by atoms with Crippen molar-refractivity contribution in [1.29, 1.82) is 0 Å². The van der Waals surface area contributed by atoms with Crippen molar-refractivity contribution in [3.63, 3.8) is 0 Å². The Labute approximate surface area is 151 Å². The lowest BCUT2D eigenvalue weighted by atomic mass is 10.1. The number of nitrogens with one attached hydrogen (secondary N) is 2. The fourth-order valence-corrected chi connectivity index (χ4v) is 2.95. The molecule has 2 N–H and O–H groups in total. The summed E-state index contributed by atoms with van der Waals surface area (Å²) in [6, 6.07) is 8.97. The first-order valence-corrected chi connectivity index (χ1v) is 9.45. The second-order valence-electron chi connectivity index (χ2n) is 5.75. The SMILES string of the molecule is CCS(=O)(=O)Nc1ccc(NC(=O)c2ccc(C)c([N+](=O)[O-])c2)cc1C. The van der Waals surface area contributed by atoms with Crippen LogP contribution >= 0.6 is 0 Å². The van der Waals surface area contributed by atoms with Gasteiger partial charge in [0.2, 0.25) is 10.0 Å². The van der Waals surface area contributed by atoms with Crippen molar-refractivity contribution in [3.8, 4) is 0 Å². The molecule has 9 heteroatoms. The first kappa shape index (κ1) is 19.4. The van der Waals surface area contributed by atoms with Crippen LogP contribution in [0.5, 0.6) is 0 Å². The van der Waals surface area contributed by atoms with Gasteiger partial charge in [0.15, 0.2) is 0 Å². The molecule has 0 aliphatic heterocycles. The molecule has 0 radical (unpaired) electrons. The average molecular weight is 377 g/mol. The van der Waals surface area contributed by atoms with Crippen LogP contribution in [0.4, 0.5) is 17.1 Å². The number of nitrogens with zero attached hydrogens (tertiary/aromatic N) is 1. The molecule has 26 heavy (non-hydrogen) atoms. The number of hydrogen-bond acceptors (Lipinski definition) is 5. The number of amides is 1. The predicted molar refractivity (Wildman–Crippen MR) is 100 cm³/mol. The van der Waals surface area contributed by atoms with E-state index in [0.717, 1.165) is 0 Å². The minimum atomic E-state index is -3.39. The highest BCUT2D eigenvalue weighted by molar-refractivity contribution is 7.92. The maximum Gasteiger partial charge on any atom is 0.273 e. The zero-order valence-corrected chi connectivity index (χ0v) is 15.4. The number of carbonyl (C=O) groups is 1. The Morgan fingerprint density at radius 3 is 2.38 bits per heavy atom. The maximum atomic E-state index is 12.3. The lowest BCUT2D eigenvalue weighted by Crippen LogP contribution is -2.16. The van der Waals surface area contributed by atoms with Crippen molar-refractivity contribution >= 4 is 33.0 Å². The summed E-state index contributed by atoms with van der Waals surface area (Å²) >= 11 is 0. The summed E-state index contributed by atoms with van der Waals surface area (Å²) in [5.41, 5.74) is 2.02. The second-order valence-corrected chi connectivity index (χ2v) is 7.76. The van der Waals surface area contributed by atoms with Crippen LogP contribution in [-0.2, 0) is 10.0 Å². The number of rotatable bonds is 6. The third kappa shape index (κ3) is 4.57. The molecule has 0 atom stereocenters. The molecule has 2 aromatic carbocycles. The van der Waals surface area contributed by atoms with E-state index in [0.29, 0.717) is 22.5 Å². The maximum absolute atomic E-state index is 12.3. The smallest absolute Gasteiger partial charge is 0.273 e. The molecule has 0 unspecified atom stereocenters. The molecular formula is C17H19N3O5S. The van der Waals surface area contributed by atoms with Gasteiger partial charge in [0.25, 0.3) is 11.6 Å². The second kappa shape index (κ2) is 7.52. The number of carbonyl (C=O) groups excluding carboxylic acids is 1. The molecule has 0 saturated heterocycles. The first-order valence-electron chi connectivity index (χ1n) is 7.80. The number of aryl methyl sites for hydroxylation is 2. The highest BCUT2D eigenvalue weighted by atomic mass is 32.2. The zero-order chi connectivity index (χ0) is 19.5. The van der Waals surface area contributed by atoms with Gasteiger partial charge in [-0.2, -0.15) is 0 Å². The summed E-state index contributed by atoms with van der Waals surface area (Å²) < 4.78 is 25.8. The first-order chi connectivity index (χ1) is 12.1. The third-order valence-electron chi connectivity index (χ3n) is 3.80. The van der Waals surface area contributed by atoms with Crippen LogP contribution in [0.2, 0.25) is 0 Å². The molecule has 2 rings (SSSR count). The topological polar surface area (TPSA) is 118 Å². The van der Waals surface area contributed by atoms with E-state index in [4.69, 9.17) is 0 Å². The number of nitro benzene ring substituents is 1. The molecule has 0 heterocycles. The Bertz CT molecular complexity index is 970. The molecule has 0 bridgehead atoms. The van der Waals surface area contributed by atoms with Crippen LogP contribution in [-0.4, -0.2) is 25.0 Å². The summed E-state index contributed by atoms with van der Waals surface area (Å²) in [7, 11) is -3.39. The molecule has 0 aromatic heterocycles. The average Bonchev–Trinajstić information content (AvgIpc) is 2.57. The highest BCUT2D eigenvalue weighted by Crippen LogP contribution is 2.23. The Kier molecular flexibility index (Phi) is 5.61. The lowest BCUT2D eigenvalue weighted by Gasteiger charge is -2.12. The molecule has 2 aromatic rings. The number of sulfonamides is 1. The van der Waals surface area contributed by atoms with Gasteiger partial charge in [-0.1, -0.05) is 6.07 Å². The number of benzene rings is 2. The van der Waals surface area contributed by atoms with Crippen LogP contribution < -0.4 is 10.0 Å². The molecular weight excluding hydrogens is 358 g/mol. The van der Waals surface area contributed by atoms with Crippen LogP contribution in [0.25, 0.3) is 0 Å². The van der Waals surface area contributed by atoms with E-state index in [1.54, 1.807) is 32.0 Å². The largest absolute Gasteiger partial charge is 0.322 e. The monoisotopic (exact) mass is 377 g/mol.